The molecule has 2 rings (SSSR count). The molecule has 0 bridgehead atoms. The molecule has 1 amide bonds. The van der Waals surface area contributed by atoms with E-state index < -0.39 is 29.0 Å². The summed E-state index contributed by atoms with van der Waals surface area (Å²) in [6, 6.07) is 3.07. The topological polar surface area (TPSA) is 66.9 Å². The molecule has 1 aromatic carbocycles. The van der Waals surface area contributed by atoms with Crippen LogP contribution in [-0.2, 0) is 0 Å². The van der Waals surface area contributed by atoms with Gasteiger partial charge in [-0.15, -0.1) is 0 Å². The molecule has 0 aliphatic carbocycles. The van der Waals surface area contributed by atoms with Crippen molar-refractivity contribution in [3.63, 3.8) is 0 Å². The van der Waals surface area contributed by atoms with Crippen LogP contribution in [0.2, 0.25) is 0 Å². The molecular weight excluding hydrogens is 309 g/mol. The fourth-order valence-electron chi connectivity index (χ4n) is 1.84. The zero-order valence-electron chi connectivity index (χ0n) is 12.6. The highest BCUT2D eigenvalue weighted by Crippen LogP contribution is 2.20. The van der Waals surface area contributed by atoms with Crippen molar-refractivity contribution >= 4 is 17.4 Å². The quantitative estimate of drug-likeness (QED) is 0.828. The van der Waals surface area contributed by atoms with E-state index in [9.17, 15) is 18.0 Å². The number of aromatic nitrogens is 2. The van der Waals surface area contributed by atoms with Gasteiger partial charge < -0.3 is 10.6 Å². The molecule has 122 valence electrons. The number of carbonyl (C=O) groups is 1. The van der Waals surface area contributed by atoms with Crippen LogP contribution >= 0.6 is 0 Å². The summed E-state index contributed by atoms with van der Waals surface area (Å²) in [4.78, 5) is 20.2. The van der Waals surface area contributed by atoms with Crippen molar-refractivity contribution in [1.29, 1.82) is 0 Å². The monoisotopic (exact) mass is 324 g/mol. The van der Waals surface area contributed by atoms with Gasteiger partial charge in [0.15, 0.2) is 17.5 Å². The Labute approximate surface area is 131 Å². The number of benzene rings is 1. The Hall–Kier alpha value is -2.64. The summed E-state index contributed by atoms with van der Waals surface area (Å²) in [5.41, 5.74) is -0.478. The zero-order chi connectivity index (χ0) is 17.0. The van der Waals surface area contributed by atoms with Gasteiger partial charge in [-0.3, -0.25) is 4.79 Å². The molecule has 2 aromatic rings. The second-order valence-electron chi connectivity index (χ2n) is 4.79. The molecule has 5 nitrogen and oxygen atoms in total. The van der Waals surface area contributed by atoms with Crippen molar-refractivity contribution in [2.45, 2.75) is 20.3 Å². The molecule has 23 heavy (non-hydrogen) atoms. The number of hydrogen-bond donors (Lipinski definition) is 2. The van der Waals surface area contributed by atoms with Gasteiger partial charge in [-0.25, -0.2) is 23.1 Å². The standard InChI is InChI=1S/C15H15F3N4O/c1-3-6-19-12-7-11(20-8(2)21-12)15(23)22-10-5-4-9(16)13(17)14(10)18/h4-5,7H,3,6H2,1-2H3,(H,22,23)(H,19,20,21). The van der Waals surface area contributed by atoms with Gasteiger partial charge in [0.1, 0.15) is 17.3 Å². The van der Waals surface area contributed by atoms with Crippen LogP contribution in [-0.4, -0.2) is 22.4 Å². The highest BCUT2D eigenvalue weighted by Gasteiger charge is 2.17. The number of aryl methyl sites for hydroxylation is 1. The van der Waals surface area contributed by atoms with Gasteiger partial charge in [0.2, 0.25) is 0 Å². The number of hydrogen-bond acceptors (Lipinski definition) is 4. The Kier molecular flexibility index (Phi) is 5.15. The number of rotatable bonds is 5. The van der Waals surface area contributed by atoms with Crippen LogP contribution in [0.1, 0.15) is 29.7 Å². The Bertz CT molecular complexity index is 737. The summed E-state index contributed by atoms with van der Waals surface area (Å²) in [6.45, 7) is 4.24. The number of nitrogens with zero attached hydrogens (tertiary/aromatic N) is 2. The van der Waals surface area contributed by atoms with Crippen molar-refractivity contribution in [2.24, 2.45) is 0 Å². The average molecular weight is 324 g/mol. The molecule has 0 spiro atoms. The smallest absolute Gasteiger partial charge is 0.274 e. The van der Waals surface area contributed by atoms with Crippen LogP contribution in [0.4, 0.5) is 24.7 Å². The Morgan fingerprint density at radius 2 is 1.91 bits per heavy atom. The minimum atomic E-state index is -1.65. The Morgan fingerprint density at radius 1 is 1.17 bits per heavy atom. The fraction of sp³-hybridized carbons (Fsp3) is 0.267. The molecule has 0 aliphatic heterocycles. The predicted octanol–water partition coefficient (Wildman–Crippen LogP) is 3.28. The van der Waals surface area contributed by atoms with Crippen LogP contribution < -0.4 is 10.6 Å². The third-order valence-corrected chi connectivity index (χ3v) is 2.91. The zero-order valence-corrected chi connectivity index (χ0v) is 12.6. The van der Waals surface area contributed by atoms with E-state index in [1.807, 2.05) is 6.92 Å². The number of nitrogens with one attached hydrogen (secondary N) is 2. The van der Waals surface area contributed by atoms with Gasteiger partial charge in [-0.1, -0.05) is 6.92 Å². The van der Waals surface area contributed by atoms with Crippen molar-refractivity contribution in [1.82, 2.24) is 9.97 Å². The summed E-state index contributed by atoms with van der Waals surface area (Å²) in [5.74, 6) is -4.39. The highest BCUT2D eigenvalue weighted by atomic mass is 19.2. The molecule has 8 heteroatoms. The first-order valence-electron chi connectivity index (χ1n) is 6.96. The van der Waals surface area contributed by atoms with Crippen LogP contribution in [0.3, 0.4) is 0 Å². The first kappa shape index (κ1) is 16.7. The normalized spacial score (nSPS) is 10.5. The van der Waals surface area contributed by atoms with Gasteiger partial charge >= 0.3 is 0 Å². The predicted molar refractivity (Wildman–Crippen MR) is 79.8 cm³/mol. The van der Waals surface area contributed by atoms with Crippen LogP contribution in [0.15, 0.2) is 18.2 Å². The first-order chi connectivity index (χ1) is 10.9. The number of anilines is 2. The molecule has 0 fully saturated rings. The van der Waals surface area contributed by atoms with Gasteiger partial charge in [0.25, 0.3) is 5.91 Å². The molecule has 0 aliphatic rings. The Morgan fingerprint density at radius 3 is 2.61 bits per heavy atom. The second kappa shape index (κ2) is 7.08. The van der Waals surface area contributed by atoms with Crippen LogP contribution in [0.25, 0.3) is 0 Å². The van der Waals surface area contributed by atoms with E-state index in [0.717, 1.165) is 18.6 Å². The van der Waals surface area contributed by atoms with E-state index in [1.165, 1.54) is 6.07 Å². The molecule has 0 atom stereocenters. The van der Waals surface area contributed by atoms with Crippen molar-refractivity contribution in [3.8, 4) is 0 Å². The molecule has 1 heterocycles. The third-order valence-electron chi connectivity index (χ3n) is 2.91. The summed E-state index contributed by atoms with van der Waals surface area (Å²) < 4.78 is 39.7. The first-order valence-corrected chi connectivity index (χ1v) is 6.96. The molecule has 0 unspecified atom stereocenters. The van der Waals surface area contributed by atoms with E-state index in [-0.39, 0.29) is 5.69 Å². The van der Waals surface area contributed by atoms with E-state index in [0.29, 0.717) is 18.2 Å². The maximum absolute atomic E-state index is 13.6. The Balaban J connectivity index is 2.24. The van der Waals surface area contributed by atoms with Gasteiger partial charge in [-0.05, 0) is 25.5 Å². The maximum Gasteiger partial charge on any atom is 0.274 e. The second-order valence-corrected chi connectivity index (χ2v) is 4.79. The lowest BCUT2D eigenvalue weighted by Crippen LogP contribution is -2.17. The van der Waals surface area contributed by atoms with E-state index in [4.69, 9.17) is 0 Å². The summed E-state index contributed by atoms with van der Waals surface area (Å²) in [7, 11) is 0. The highest BCUT2D eigenvalue weighted by molar-refractivity contribution is 6.03. The minimum Gasteiger partial charge on any atom is -0.370 e. The van der Waals surface area contributed by atoms with Crippen molar-refractivity contribution in [3.05, 3.63) is 47.2 Å². The van der Waals surface area contributed by atoms with Crippen molar-refractivity contribution in [2.75, 3.05) is 17.2 Å². The summed E-state index contributed by atoms with van der Waals surface area (Å²) in [6.07, 6.45) is 0.866. The number of halogens is 3. The lowest BCUT2D eigenvalue weighted by atomic mass is 10.2. The molecule has 2 N–H and O–H groups in total. The largest absolute Gasteiger partial charge is 0.370 e. The van der Waals surface area contributed by atoms with Crippen molar-refractivity contribution < 1.29 is 18.0 Å². The van der Waals surface area contributed by atoms with E-state index >= 15 is 0 Å². The van der Waals surface area contributed by atoms with E-state index in [1.54, 1.807) is 6.92 Å². The van der Waals surface area contributed by atoms with Gasteiger partial charge in [0.05, 0.1) is 5.69 Å². The summed E-state index contributed by atoms with van der Waals surface area (Å²) >= 11 is 0. The number of carbonyl (C=O) groups excluding carboxylic acids is 1. The maximum atomic E-state index is 13.6. The number of amides is 1. The lowest BCUT2D eigenvalue weighted by Gasteiger charge is -2.09. The molecule has 0 saturated carbocycles. The molecule has 0 radical (unpaired) electrons. The SMILES string of the molecule is CCCNc1cc(C(=O)Nc2ccc(F)c(F)c2F)nc(C)n1. The molecule has 0 saturated heterocycles. The lowest BCUT2D eigenvalue weighted by molar-refractivity contribution is 0.102. The van der Waals surface area contributed by atoms with Gasteiger partial charge in [0, 0.05) is 12.6 Å². The fourth-order valence-corrected chi connectivity index (χ4v) is 1.84. The average Bonchev–Trinajstić information content (AvgIpc) is 2.53. The van der Waals surface area contributed by atoms with Crippen LogP contribution in [0, 0.1) is 24.4 Å². The molecular formula is C15H15F3N4O. The van der Waals surface area contributed by atoms with E-state index in [2.05, 4.69) is 20.6 Å². The minimum absolute atomic E-state index is 0.0137. The third kappa shape index (κ3) is 3.97. The molecule has 1 aromatic heterocycles. The summed E-state index contributed by atoms with van der Waals surface area (Å²) in [5, 5.41) is 5.17. The van der Waals surface area contributed by atoms with Crippen LogP contribution in [0.5, 0.6) is 0 Å². The van der Waals surface area contributed by atoms with Gasteiger partial charge in [-0.2, -0.15) is 0 Å².